The summed E-state index contributed by atoms with van der Waals surface area (Å²) < 4.78 is 0. The van der Waals surface area contributed by atoms with E-state index in [0.717, 1.165) is 5.56 Å². The predicted octanol–water partition coefficient (Wildman–Crippen LogP) is 2.70. The molecule has 15 heavy (non-hydrogen) atoms. The Morgan fingerprint density at radius 1 is 1.40 bits per heavy atom. The van der Waals surface area contributed by atoms with Gasteiger partial charge in [0, 0.05) is 7.05 Å². The highest BCUT2D eigenvalue weighted by molar-refractivity contribution is 5.87. The van der Waals surface area contributed by atoms with Crippen molar-refractivity contribution in [1.82, 2.24) is 4.90 Å². The zero-order valence-corrected chi connectivity index (χ0v) is 9.53. The topological polar surface area (TPSA) is 20.3 Å². The van der Waals surface area contributed by atoms with Crippen LogP contribution in [-0.4, -0.2) is 17.9 Å². The lowest BCUT2D eigenvalue weighted by Crippen LogP contribution is -2.27. The van der Waals surface area contributed by atoms with Gasteiger partial charge >= 0.3 is 0 Å². The molecule has 0 spiro atoms. The van der Waals surface area contributed by atoms with Gasteiger partial charge in [0.05, 0.1) is 6.04 Å². The molecule has 0 aliphatic carbocycles. The van der Waals surface area contributed by atoms with E-state index in [-0.39, 0.29) is 11.9 Å². The maximum atomic E-state index is 11.4. The van der Waals surface area contributed by atoms with Gasteiger partial charge in [0.25, 0.3) is 0 Å². The molecule has 0 saturated heterocycles. The molecule has 0 aromatic heterocycles. The van der Waals surface area contributed by atoms with Crippen LogP contribution in [0.5, 0.6) is 0 Å². The van der Waals surface area contributed by atoms with Crippen molar-refractivity contribution in [3.8, 4) is 0 Å². The first-order valence-corrected chi connectivity index (χ1v) is 5.02. The summed E-state index contributed by atoms with van der Waals surface area (Å²) in [6.45, 7) is 7.54. The normalized spacial score (nSPS) is 11.9. The number of hydrogen-bond donors (Lipinski definition) is 0. The molecular formula is C13H17NO. The number of benzene rings is 1. The molecule has 1 atom stereocenters. The third kappa shape index (κ3) is 2.69. The second kappa shape index (κ2) is 4.78. The van der Waals surface area contributed by atoms with E-state index in [0.29, 0.717) is 0 Å². The fraction of sp³-hybridized carbons (Fsp3) is 0.308. The zero-order chi connectivity index (χ0) is 11.4. The third-order valence-electron chi connectivity index (χ3n) is 2.66. The molecule has 2 heteroatoms. The summed E-state index contributed by atoms with van der Waals surface area (Å²) in [5.74, 6) is -0.0527. The van der Waals surface area contributed by atoms with Crippen LogP contribution in [0.15, 0.2) is 36.9 Å². The monoisotopic (exact) mass is 203 g/mol. The van der Waals surface area contributed by atoms with Crippen LogP contribution in [0, 0.1) is 6.92 Å². The van der Waals surface area contributed by atoms with Crippen molar-refractivity contribution in [2.45, 2.75) is 19.9 Å². The molecule has 1 amide bonds. The Kier molecular flexibility index (Phi) is 3.67. The molecule has 0 aliphatic rings. The quantitative estimate of drug-likeness (QED) is 0.692. The number of amides is 1. The smallest absolute Gasteiger partial charge is 0.246 e. The Morgan fingerprint density at radius 3 is 2.40 bits per heavy atom. The van der Waals surface area contributed by atoms with Crippen molar-refractivity contribution < 1.29 is 4.79 Å². The van der Waals surface area contributed by atoms with Gasteiger partial charge in [0.15, 0.2) is 0 Å². The fourth-order valence-electron chi connectivity index (χ4n) is 1.40. The van der Waals surface area contributed by atoms with Gasteiger partial charge in [-0.15, -0.1) is 0 Å². The van der Waals surface area contributed by atoms with Crippen LogP contribution in [0.4, 0.5) is 0 Å². The number of likely N-dealkylation sites (N-methyl/N-ethyl adjacent to an activating group) is 1. The number of rotatable bonds is 3. The highest BCUT2D eigenvalue weighted by Gasteiger charge is 2.14. The largest absolute Gasteiger partial charge is 0.335 e. The lowest BCUT2D eigenvalue weighted by atomic mass is 10.1. The number of carbonyl (C=O) groups excluding carboxylic acids is 1. The Labute approximate surface area is 91.2 Å². The summed E-state index contributed by atoms with van der Waals surface area (Å²) in [4.78, 5) is 13.1. The molecule has 1 aromatic rings. The average molecular weight is 203 g/mol. The second-order valence-corrected chi connectivity index (χ2v) is 3.74. The van der Waals surface area contributed by atoms with Crippen LogP contribution < -0.4 is 0 Å². The average Bonchev–Trinajstić information content (AvgIpc) is 2.27. The van der Waals surface area contributed by atoms with E-state index in [4.69, 9.17) is 0 Å². The molecule has 0 aliphatic heterocycles. The van der Waals surface area contributed by atoms with E-state index in [1.54, 1.807) is 11.9 Å². The number of aryl methyl sites for hydroxylation is 1. The van der Waals surface area contributed by atoms with E-state index in [2.05, 4.69) is 18.7 Å². The van der Waals surface area contributed by atoms with Crippen LogP contribution in [-0.2, 0) is 4.79 Å². The summed E-state index contributed by atoms with van der Waals surface area (Å²) >= 11 is 0. The highest BCUT2D eigenvalue weighted by atomic mass is 16.2. The van der Waals surface area contributed by atoms with Crippen molar-refractivity contribution in [2.24, 2.45) is 0 Å². The summed E-state index contributed by atoms with van der Waals surface area (Å²) in [7, 11) is 1.79. The Morgan fingerprint density at radius 2 is 1.93 bits per heavy atom. The van der Waals surface area contributed by atoms with E-state index < -0.39 is 0 Å². The summed E-state index contributed by atoms with van der Waals surface area (Å²) in [6.07, 6.45) is 1.34. The summed E-state index contributed by atoms with van der Waals surface area (Å²) in [5.41, 5.74) is 2.36. The molecule has 0 saturated carbocycles. The second-order valence-electron chi connectivity index (χ2n) is 3.74. The van der Waals surface area contributed by atoms with E-state index in [1.807, 2.05) is 26.0 Å². The maximum absolute atomic E-state index is 11.4. The van der Waals surface area contributed by atoms with Crippen molar-refractivity contribution in [1.29, 1.82) is 0 Å². The van der Waals surface area contributed by atoms with Gasteiger partial charge in [0.1, 0.15) is 0 Å². The lowest BCUT2D eigenvalue weighted by molar-refractivity contribution is -0.126. The van der Waals surface area contributed by atoms with Gasteiger partial charge in [-0.1, -0.05) is 36.4 Å². The molecule has 0 radical (unpaired) electrons. The Balaban J connectivity index is 2.84. The molecule has 1 aromatic carbocycles. The van der Waals surface area contributed by atoms with Crippen molar-refractivity contribution >= 4 is 5.91 Å². The minimum Gasteiger partial charge on any atom is -0.335 e. The zero-order valence-electron chi connectivity index (χ0n) is 9.53. The van der Waals surface area contributed by atoms with Gasteiger partial charge in [-0.25, -0.2) is 0 Å². The van der Waals surface area contributed by atoms with Gasteiger partial charge < -0.3 is 4.90 Å². The molecule has 2 nitrogen and oxygen atoms in total. The van der Waals surface area contributed by atoms with Crippen molar-refractivity contribution in [2.75, 3.05) is 7.05 Å². The first-order chi connectivity index (χ1) is 7.06. The number of carbonyl (C=O) groups is 1. The fourth-order valence-corrected chi connectivity index (χ4v) is 1.40. The van der Waals surface area contributed by atoms with E-state index in [1.165, 1.54) is 11.6 Å². The maximum Gasteiger partial charge on any atom is 0.246 e. The third-order valence-corrected chi connectivity index (χ3v) is 2.66. The minimum absolute atomic E-state index is 0.0527. The van der Waals surface area contributed by atoms with Crippen LogP contribution in [0.25, 0.3) is 0 Å². The first-order valence-electron chi connectivity index (χ1n) is 5.02. The molecule has 0 N–H and O–H groups in total. The summed E-state index contributed by atoms with van der Waals surface area (Å²) in [5, 5.41) is 0. The van der Waals surface area contributed by atoms with E-state index >= 15 is 0 Å². The van der Waals surface area contributed by atoms with Crippen LogP contribution in [0.3, 0.4) is 0 Å². The Hall–Kier alpha value is -1.57. The molecule has 0 bridgehead atoms. The van der Waals surface area contributed by atoms with Crippen molar-refractivity contribution in [3.63, 3.8) is 0 Å². The van der Waals surface area contributed by atoms with E-state index in [9.17, 15) is 4.79 Å². The van der Waals surface area contributed by atoms with Gasteiger partial charge in [-0.2, -0.15) is 0 Å². The molecule has 1 rings (SSSR count). The molecule has 1 unspecified atom stereocenters. The van der Waals surface area contributed by atoms with Crippen LogP contribution >= 0.6 is 0 Å². The van der Waals surface area contributed by atoms with Crippen molar-refractivity contribution in [3.05, 3.63) is 48.0 Å². The molecule has 0 fully saturated rings. The number of hydrogen-bond acceptors (Lipinski definition) is 1. The highest BCUT2D eigenvalue weighted by Crippen LogP contribution is 2.19. The molecule has 0 heterocycles. The van der Waals surface area contributed by atoms with Crippen LogP contribution in [0.1, 0.15) is 24.1 Å². The minimum atomic E-state index is -0.0527. The van der Waals surface area contributed by atoms with Gasteiger partial charge in [-0.05, 0) is 25.5 Å². The standard InChI is InChI=1S/C13H17NO/c1-5-13(15)14(4)11(3)12-8-6-10(2)7-9-12/h5-9,11H,1H2,2-4H3. The number of nitrogens with zero attached hydrogens (tertiary/aromatic N) is 1. The van der Waals surface area contributed by atoms with Crippen LogP contribution in [0.2, 0.25) is 0 Å². The molecule has 80 valence electrons. The SMILES string of the molecule is C=CC(=O)N(C)C(C)c1ccc(C)cc1. The summed E-state index contributed by atoms with van der Waals surface area (Å²) in [6, 6.07) is 8.28. The molecular weight excluding hydrogens is 186 g/mol. The predicted molar refractivity (Wildman–Crippen MR) is 62.6 cm³/mol. The lowest BCUT2D eigenvalue weighted by Gasteiger charge is -2.24. The van der Waals surface area contributed by atoms with Gasteiger partial charge in [0.2, 0.25) is 5.91 Å². The first kappa shape index (κ1) is 11.5. The Bertz CT molecular complexity index is 353. The van der Waals surface area contributed by atoms with Gasteiger partial charge in [-0.3, -0.25) is 4.79 Å².